The number of benzene rings is 2. The standard InChI is InChI=1S/C19H21NO2S/c1-2-3-6-13-22-16-11-9-15(10-12-16)14-20-19(21)17-7-4-5-8-18(17)23-20/h4-5,7-12H,2-3,6,13-14H2,1H3. The molecule has 0 unspecified atom stereocenters. The molecule has 3 nitrogen and oxygen atoms in total. The van der Waals surface area contributed by atoms with Crippen LogP contribution in [0.3, 0.4) is 0 Å². The van der Waals surface area contributed by atoms with Crippen molar-refractivity contribution in [1.29, 1.82) is 0 Å². The van der Waals surface area contributed by atoms with E-state index in [2.05, 4.69) is 6.92 Å². The average molecular weight is 327 g/mol. The van der Waals surface area contributed by atoms with Gasteiger partial charge in [0, 0.05) is 0 Å². The Kier molecular flexibility index (Phi) is 5.13. The molecule has 0 N–H and O–H groups in total. The number of rotatable bonds is 7. The van der Waals surface area contributed by atoms with Crippen molar-refractivity contribution >= 4 is 21.6 Å². The predicted molar refractivity (Wildman–Crippen MR) is 96.6 cm³/mol. The second kappa shape index (κ2) is 7.47. The van der Waals surface area contributed by atoms with Crippen LogP contribution in [0.15, 0.2) is 53.3 Å². The van der Waals surface area contributed by atoms with Crippen LogP contribution in [0, 0.1) is 0 Å². The van der Waals surface area contributed by atoms with Gasteiger partial charge in [-0.2, -0.15) is 0 Å². The van der Waals surface area contributed by atoms with E-state index in [1.807, 2.05) is 52.5 Å². The molecule has 3 aromatic rings. The van der Waals surface area contributed by atoms with Gasteiger partial charge >= 0.3 is 0 Å². The maximum Gasteiger partial charge on any atom is 0.268 e. The highest BCUT2D eigenvalue weighted by Crippen LogP contribution is 2.18. The maximum absolute atomic E-state index is 12.4. The van der Waals surface area contributed by atoms with E-state index in [1.165, 1.54) is 24.4 Å². The zero-order valence-electron chi connectivity index (χ0n) is 13.3. The van der Waals surface area contributed by atoms with Gasteiger partial charge in [0.2, 0.25) is 0 Å². The Hall–Kier alpha value is -2.07. The van der Waals surface area contributed by atoms with Crippen LogP contribution in [0.2, 0.25) is 0 Å². The topological polar surface area (TPSA) is 31.2 Å². The van der Waals surface area contributed by atoms with Gasteiger partial charge in [-0.05, 0) is 36.2 Å². The van der Waals surface area contributed by atoms with E-state index in [4.69, 9.17) is 4.74 Å². The largest absolute Gasteiger partial charge is 0.494 e. The summed E-state index contributed by atoms with van der Waals surface area (Å²) in [4.78, 5) is 12.4. The van der Waals surface area contributed by atoms with Crippen LogP contribution in [0.4, 0.5) is 0 Å². The molecule has 0 saturated carbocycles. The molecule has 23 heavy (non-hydrogen) atoms. The number of fused-ring (bicyclic) bond motifs is 1. The van der Waals surface area contributed by atoms with Gasteiger partial charge < -0.3 is 4.74 Å². The first-order valence-corrected chi connectivity index (χ1v) is 8.86. The van der Waals surface area contributed by atoms with Crippen molar-refractivity contribution in [2.24, 2.45) is 0 Å². The van der Waals surface area contributed by atoms with E-state index < -0.39 is 0 Å². The van der Waals surface area contributed by atoms with E-state index in [1.54, 1.807) is 0 Å². The molecule has 0 spiro atoms. The highest BCUT2D eigenvalue weighted by atomic mass is 32.1. The zero-order chi connectivity index (χ0) is 16.1. The number of ether oxygens (including phenoxy) is 1. The summed E-state index contributed by atoms with van der Waals surface area (Å²) >= 11 is 1.52. The van der Waals surface area contributed by atoms with Crippen molar-refractivity contribution in [2.45, 2.75) is 32.7 Å². The van der Waals surface area contributed by atoms with Gasteiger partial charge in [0.15, 0.2) is 0 Å². The first-order valence-electron chi connectivity index (χ1n) is 8.08. The monoisotopic (exact) mass is 327 g/mol. The molecule has 0 bridgehead atoms. The summed E-state index contributed by atoms with van der Waals surface area (Å²) in [5, 5.41) is 0.799. The second-order valence-electron chi connectivity index (χ2n) is 5.63. The summed E-state index contributed by atoms with van der Waals surface area (Å²) in [6.07, 6.45) is 3.49. The van der Waals surface area contributed by atoms with Crippen LogP contribution in [-0.2, 0) is 6.54 Å². The molecule has 0 aliphatic heterocycles. The van der Waals surface area contributed by atoms with Gasteiger partial charge in [-0.15, -0.1) is 0 Å². The minimum absolute atomic E-state index is 0.0884. The van der Waals surface area contributed by atoms with E-state index in [-0.39, 0.29) is 5.56 Å². The molecule has 3 rings (SSSR count). The van der Waals surface area contributed by atoms with Crippen LogP contribution in [-0.4, -0.2) is 10.6 Å². The molecule has 0 atom stereocenters. The van der Waals surface area contributed by atoms with Crippen molar-refractivity contribution in [2.75, 3.05) is 6.61 Å². The first kappa shape index (κ1) is 15.8. The summed E-state index contributed by atoms with van der Waals surface area (Å²) < 4.78 is 8.56. The Bertz CT molecular complexity index is 817. The lowest BCUT2D eigenvalue weighted by atomic mass is 10.2. The fraction of sp³-hybridized carbons (Fsp3) is 0.316. The summed E-state index contributed by atoms with van der Waals surface area (Å²) in [6, 6.07) is 15.8. The minimum Gasteiger partial charge on any atom is -0.494 e. The maximum atomic E-state index is 12.4. The molecule has 0 aliphatic rings. The van der Waals surface area contributed by atoms with Crippen LogP contribution >= 0.6 is 11.5 Å². The number of unbranched alkanes of at least 4 members (excludes halogenated alkanes) is 2. The average Bonchev–Trinajstić information content (AvgIpc) is 2.90. The third-order valence-electron chi connectivity index (χ3n) is 3.82. The lowest BCUT2D eigenvalue weighted by molar-refractivity contribution is 0.306. The van der Waals surface area contributed by atoms with E-state index in [0.717, 1.165) is 34.4 Å². The molecule has 0 fully saturated rings. The molecule has 0 amide bonds. The molecule has 2 aromatic carbocycles. The van der Waals surface area contributed by atoms with Gasteiger partial charge in [-0.1, -0.05) is 55.6 Å². The Morgan fingerprint density at radius 3 is 2.57 bits per heavy atom. The fourth-order valence-electron chi connectivity index (χ4n) is 2.52. The highest BCUT2D eigenvalue weighted by Gasteiger charge is 2.07. The highest BCUT2D eigenvalue weighted by molar-refractivity contribution is 7.13. The Morgan fingerprint density at radius 2 is 1.83 bits per heavy atom. The first-order chi connectivity index (χ1) is 11.3. The SMILES string of the molecule is CCCCCOc1ccc(Cn2sc3ccccc3c2=O)cc1. The normalized spacial score (nSPS) is 11.0. The lowest BCUT2D eigenvalue weighted by Crippen LogP contribution is -2.13. The van der Waals surface area contributed by atoms with Crippen molar-refractivity contribution < 1.29 is 4.74 Å². The molecule has 0 radical (unpaired) electrons. The molecular weight excluding hydrogens is 306 g/mol. The molecular formula is C19H21NO2S. The number of aromatic nitrogens is 1. The zero-order valence-corrected chi connectivity index (χ0v) is 14.1. The summed E-state index contributed by atoms with van der Waals surface area (Å²) in [6.45, 7) is 3.56. The van der Waals surface area contributed by atoms with Crippen LogP contribution < -0.4 is 10.3 Å². The fourth-order valence-corrected chi connectivity index (χ4v) is 3.55. The van der Waals surface area contributed by atoms with E-state index in [0.29, 0.717) is 6.54 Å². The minimum atomic E-state index is 0.0884. The van der Waals surface area contributed by atoms with E-state index >= 15 is 0 Å². The van der Waals surface area contributed by atoms with Crippen LogP contribution in [0.25, 0.3) is 10.1 Å². The van der Waals surface area contributed by atoms with E-state index in [9.17, 15) is 4.79 Å². The molecule has 0 aliphatic carbocycles. The van der Waals surface area contributed by atoms with Crippen LogP contribution in [0.1, 0.15) is 31.7 Å². The number of hydrogen-bond acceptors (Lipinski definition) is 3. The lowest BCUT2D eigenvalue weighted by Gasteiger charge is -2.07. The third kappa shape index (κ3) is 3.82. The van der Waals surface area contributed by atoms with Gasteiger partial charge in [0.25, 0.3) is 5.56 Å². The summed E-state index contributed by atoms with van der Waals surface area (Å²) in [7, 11) is 0. The van der Waals surface area contributed by atoms with Gasteiger partial charge in [0.05, 0.1) is 23.2 Å². The number of hydrogen-bond donors (Lipinski definition) is 0. The van der Waals surface area contributed by atoms with Gasteiger partial charge in [0.1, 0.15) is 5.75 Å². The van der Waals surface area contributed by atoms with Gasteiger partial charge in [-0.25, -0.2) is 0 Å². The second-order valence-corrected chi connectivity index (χ2v) is 6.69. The molecule has 4 heteroatoms. The third-order valence-corrected chi connectivity index (χ3v) is 4.89. The smallest absolute Gasteiger partial charge is 0.268 e. The Morgan fingerprint density at radius 1 is 1.04 bits per heavy atom. The van der Waals surface area contributed by atoms with Crippen LogP contribution in [0.5, 0.6) is 5.75 Å². The van der Waals surface area contributed by atoms with Crippen molar-refractivity contribution in [1.82, 2.24) is 3.96 Å². The molecule has 0 saturated heterocycles. The summed E-state index contributed by atoms with van der Waals surface area (Å²) in [5.74, 6) is 0.897. The molecule has 1 aromatic heterocycles. The Labute approximate surface area is 140 Å². The Balaban J connectivity index is 1.67. The summed E-state index contributed by atoms with van der Waals surface area (Å²) in [5.41, 5.74) is 1.20. The van der Waals surface area contributed by atoms with Crippen molar-refractivity contribution in [3.05, 3.63) is 64.4 Å². The quantitative estimate of drug-likeness (QED) is 0.590. The number of nitrogens with zero attached hydrogens (tertiary/aromatic N) is 1. The van der Waals surface area contributed by atoms with Crippen molar-refractivity contribution in [3.63, 3.8) is 0 Å². The van der Waals surface area contributed by atoms with Crippen molar-refractivity contribution in [3.8, 4) is 5.75 Å². The molecule has 1 heterocycles. The molecule has 120 valence electrons. The predicted octanol–water partition coefficient (Wildman–Crippen LogP) is 4.68. The van der Waals surface area contributed by atoms with Gasteiger partial charge in [-0.3, -0.25) is 8.75 Å².